The van der Waals surface area contributed by atoms with Crippen LogP contribution in [0.3, 0.4) is 0 Å². The van der Waals surface area contributed by atoms with Crippen LogP contribution in [0.1, 0.15) is 23.2 Å². The summed E-state index contributed by atoms with van der Waals surface area (Å²) in [5.41, 5.74) is 5.19. The largest absolute Gasteiger partial charge is 0.381 e. The number of anilines is 1. The van der Waals surface area contributed by atoms with Gasteiger partial charge >= 0.3 is 0 Å². The Kier molecular flexibility index (Phi) is 4.80. The molecule has 0 atom stereocenters. The van der Waals surface area contributed by atoms with Gasteiger partial charge in [0.25, 0.3) is 0 Å². The Bertz CT molecular complexity index is 490. The van der Waals surface area contributed by atoms with Crippen LogP contribution in [0.5, 0.6) is 0 Å². The summed E-state index contributed by atoms with van der Waals surface area (Å²) in [4.78, 5) is 15.2. The molecule has 0 radical (unpaired) electrons. The number of carbonyl (C=O) groups is 1. The third-order valence-electron chi connectivity index (χ3n) is 3.54. The molecule has 3 N–H and O–H groups in total. The molecule has 1 aromatic heterocycles. The van der Waals surface area contributed by atoms with Crippen molar-refractivity contribution in [3.63, 3.8) is 0 Å². The molecule has 6 nitrogen and oxygen atoms in total. The average molecular weight is 300 g/mol. The number of rotatable bonds is 5. The first-order valence-electron chi connectivity index (χ1n) is 6.38. The average Bonchev–Trinajstić information content (AvgIpc) is 2.47. The molecule has 2 rings (SSSR count). The van der Waals surface area contributed by atoms with Gasteiger partial charge in [-0.25, -0.2) is 4.98 Å². The van der Waals surface area contributed by atoms with Gasteiger partial charge in [-0.15, -0.1) is 0 Å². The predicted octanol–water partition coefficient (Wildman–Crippen LogP) is 1.44. The van der Waals surface area contributed by atoms with Crippen LogP contribution in [0.2, 0.25) is 5.02 Å². The van der Waals surface area contributed by atoms with Crippen LogP contribution in [0.4, 0.5) is 5.82 Å². The van der Waals surface area contributed by atoms with Gasteiger partial charge in [0.05, 0.1) is 16.2 Å². The van der Waals surface area contributed by atoms with Crippen molar-refractivity contribution >= 4 is 23.3 Å². The Morgan fingerprint density at radius 1 is 1.60 bits per heavy atom. The zero-order valence-corrected chi connectivity index (χ0v) is 12.1. The lowest BCUT2D eigenvalue weighted by Gasteiger charge is -2.36. The first-order chi connectivity index (χ1) is 9.56. The summed E-state index contributed by atoms with van der Waals surface area (Å²) in [6.07, 6.45) is 3.03. The van der Waals surface area contributed by atoms with E-state index in [4.69, 9.17) is 26.8 Å². The number of ether oxygens (including phenoxy) is 2. The summed E-state index contributed by atoms with van der Waals surface area (Å²) in [5, 5.41) is 3.53. The molecule has 0 unspecified atom stereocenters. The summed E-state index contributed by atoms with van der Waals surface area (Å²) >= 11 is 6.08. The van der Waals surface area contributed by atoms with E-state index < -0.39 is 5.91 Å². The molecule has 1 aromatic rings. The van der Waals surface area contributed by atoms with E-state index in [9.17, 15) is 4.79 Å². The zero-order valence-electron chi connectivity index (χ0n) is 11.3. The van der Waals surface area contributed by atoms with Gasteiger partial charge in [-0.3, -0.25) is 4.79 Å². The van der Waals surface area contributed by atoms with Gasteiger partial charge < -0.3 is 20.5 Å². The van der Waals surface area contributed by atoms with E-state index in [-0.39, 0.29) is 11.2 Å². The van der Waals surface area contributed by atoms with E-state index in [0.717, 1.165) is 12.8 Å². The van der Waals surface area contributed by atoms with Gasteiger partial charge in [-0.2, -0.15) is 0 Å². The van der Waals surface area contributed by atoms with Crippen molar-refractivity contribution in [3.8, 4) is 0 Å². The fourth-order valence-electron chi connectivity index (χ4n) is 2.14. The summed E-state index contributed by atoms with van der Waals surface area (Å²) in [6, 6.07) is 1.50. The van der Waals surface area contributed by atoms with E-state index in [0.29, 0.717) is 30.6 Å². The summed E-state index contributed by atoms with van der Waals surface area (Å²) in [5.74, 6) is -0.0386. The number of aromatic nitrogens is 1. The highest BCUT2D eigenvalue weighted by Crippen LogP contribution is 2.26. The van der Waals surface area contributed by atoms with E-state index >= 15 is 0 Å². The van der Waals surface area contributed by atoms with Crippen molar-refractivity contribution in [1.29, 1.82) is 0 Å². The van der Waals surface area contributed by atoms with Gasteiger partial charge in [0.15, 0.2) is 0 Å². The highest BCUT2D eigenvalue weighted by molar-refractivity contribution is 6.33. The minimum Gasteiger partial charge on any atom is -0.381 e. The second kappa shape index (κ2) is 6.39. The molecule has 0 bridgehead atoms. The number of hydrogen-bond acceptors (Lipinski definition) is 5. The SMILES string of the molecule is COC1(CNc2ncc(C(N)=O)cc2Cl)CCOCC1. The maximum absolute atomic E-state index is 11.0. The van der Waals surface area contributed by atoms with Crippen LogP contribution in [0.15, 0.2) is 12.3 Å². The van der Waals surface area contributed by atoms with E-state index in [1.807, 2.05) is 0 Å². The third-order valence-corrected chi connectivity index (χ3v) is 3.83. The second-order valence-corrected chi connectivity index (χ2v) is 5.18. The quantitative estimate of drug-likeness (QED) is 0.859. The normalized spacial score (nSPS) is 17.7. The number of amides is 1. The Morgan fingerprint density at radius 3 is 2.85 bits per heavy atom. The van der Waals surface area contributed by atoms with Crippen molar-refractivity contribution in [1.82, 2.24) is 4.98 Å². The highest BCUT2D eigenvalue weighted by Gasteiger charge is 2.32. The third kappa shape index (κ3) is 3.39. The van der Waals surface area contributed by atoms with E-state index in [2.05, 4.69) is 10.3 Å². The van der Waals surface area contributed by atoms with Crippen LogP contribution in [0.25, 0.3) is 0 Å². The standard InChI is InChI=1S/C13H18ClN3O3/c1-19-13(2-4-20-5-3-13)8-17-12-10(14)6-9(7-16-12)11(15)18/h6-7H,2-5,8H2,1H3,(H2,15,18)(H,16,17). The fourth-order valence-corrected chi connectivity index (χ4v) is 2.38. The van der Waals surface area contributed by atoms with Gasteiger partial charge in [0.2, 0.25) is 5.91 Å². The first kappa shape index (κ1) is 15.0. The number of nitrogens with two attached hydrogens (primary N) is 1. The van der Waals surface area contributed by atoms with E-state index in [1.165, 1.54) is 12.3 Å². The molecule has 1 aliphatic rings. The number of nitrogens with one attached hydrogen (secondary N) is 1. The number of halogens is 1. The van der Waals surface area contributed by atoms with Crippen LogP contribution in [-0.4, -0.2) is 43.4 Å². The molecular formula is C13H18ClN3O3. The molecule has 1 amide bonds. The number of carbonyl (C=O) groups excluding carboxylic acids is 1. The Hall–Kier alpha value is -1.37. The van der Waals surface area contributed by atoms with Crippen LogP contribution in [0, 0.1) is 0 Å². The Morgan fingerprint density at radius 2 is 2.30 bits per heavy atom. The number of methoxy groups -OCH3 is 1. The first-order valence-corrected chi connectivity index (χ1v) is 6.76. The lowest BCUT2D eigenvalue weighted by atomic mass is 9.94. The van der Waals surface area contributed by atoms with Crippen molar-refractivity contribution in [2.45, 2.75) is 18.4 Å². The Balaban J connectivity index is 2.04. The van der Waals surface area contributed by atoms with Crippen molar-refractivity contribution in [2.75, 3.05) is 32.2 Å². The lowest BCUT2D eigenvalue weighted by Crippen LogP contribution is -2.44. The summed E-state index contributed by atoms with van der Waals surface area (Å²) in [6.45, 7) is 1.93. The molecule has 110 valence electrons. The number of nitrogens with zero attached hydrogens (tertiary/aromatic N) is 1. The summed E-state index contributed by atoms with van der Waals surface area (Å²) in [7, 11) is 1.69. The minimum atomic E-state index is -0.552. The maximum Gasteiger partial charge on any atom is 0.250 e. The molecule has 7 heteroatoms. The lowest BCUT2D eigenvalue weighted by molar-refractivity contribution is -0.0807. The number of hydrogen-bond donors (Lipinski definition) is 2. The van der Waals surface area contributed by atoms with Crippen molar-refractivity contribution in [2.24, 2.45) is 5.73 Å². The van der Waals surface area contributed by atoms with Gasteiger partial charge in [-0.05, 0) is 6.07 Å². The van der Waals surface area contributed by atoms with Crippen LogP contribution >= 0.6 is 11.6 Å². The molecular weight excluding hydrogens is 282 g/mol. The number of pyridine rings is 1. The zero-order chi connectivity index (χ0) is 14.6. The molecule has 1 fully saturated rings. The molecule has 1 saturated heterocycles. The Labute approximate surface area is 122 Å². The minimum absolute atomic E-state index is 0.272. The van der Waals surface area contributed by atoms with Gasteiger partial charge in [0.1, 0.15) is 5.82 Å². The smallest absolute Gasteiger partial charge is 0.250 e. The molecule has 0 aromatic carbocycles. The van der Waals surface area contributed by atoms with Crippen LogP contribution < -0.4 is 11.1 Å². The molecule has 0 aliphatic carbocycles. The van der Waals surface area contributed by atoms with Crippen molar-refractivity contribution in [3.05, 3.63) is 22.8 Å². The highest BCUT2D eigenvalue weighted by atomic mass is 35.5. The van der Waals surface area contributed by atoms with Gasteiger partial charge in [0, 0.05) is 45.9 Å². The topological polar surface area (TPSA) is 86.5 Å². The molecule has 20 heavy (non-hydrogen) atoms. The molecule has 0 saturated carbocycles. The molecule has 2 heterocycles. The van der Waals surface area contributed by atoms with E-state index in [1.54, 1.807) is 7.11 Å². The fraction of sp³-hybridized carbons (Fsp3) is 0.538. The number of primary amides is 1. The summed E-state index contributed by atoms with van der Waals surface area (Å²) < 4.78 is 11.0. The molecule has 0 spiro atoms. The van der Waals surface area contributed by atoms with Crippen LogP contribution in [-0.2, 0) is 9.47 Å². The van der Waals surface area contributed by atoms with Gasteiger partial charge in [-0.1, -0.05) is 11.6 Å². The second-order valence-electron chi connectivity index (χ2n) is 4.77. The maximum atomic E-state index is 11.0. The molecule has 1 aliphatic heterocycles. The van der Waals surface area contributed by atoms with Crippen molar-refractivity contribution < 1.29 is 14.3 Å². The monoisotopic (exact) mass is 299 g/mol. The predicted molar refractivity (Wildman–Crippen MR) is 76.0 cm³/mol.